The zero-order valence-electron chi connectivity index (χ0n) is 20.0. The third kappa shape index (κ3) is 7.07. The van der Waals surface area contributed by atoms with E-state index >= 15 is 0 Å². The Hall–Kier alpha value is -2.38. The number of hydrogen-bond donors (Lipinski definition) is 0. The molecule has 3 rings (SSSR count). The van der Waals surface area contributed by atoms with E-state index in [0.29, 0.717) is 5.92 Å². The predicted octanol–water partition coefficient (Wildman–Crippen LogP) is 4.30. The summed E-state index contributed by atoms with van der Waals surface area (Å²) in [6.45, 7) is 9.28. The number of nitrogens with zero attached hydrogens (tertiary/aromatic N) is 4. The van der Waals surface area contributed by atoms with Crippen LogP contribution in [0.5, 0.6) is 0 Å². The van der Waals surface area contributed by atoms with Crippen molar-refractivity contribution in [3.63, 3.8) is 0 Å². The molecule has 2 fully saturated rings. The molecule has 3 heterocycles. The first-order valence-electron chi connectivity index (χ1n) is 11.9. The number of carbonyl (C=O) groups excluding carboxylic acids is 2. The molecule has 32 heavy (non-hydrogen) atoms. The molecule has 2 saturated heterocycles. The Labute approximate surface area is 191 Å². The second-order valence-electron chi connectivity index (χ2n) is 10.0. The molecule has 1 atom stereocenters. The van der Waals surface area contributed by atoms with Crippen molar-refractivity contribution in [3.8, 4) is 0 Å². The first-order valence-corrected chi connectivity index (χ1v) is 11.9. The standard InChI is InChI=1S/C24H38N4O4/c1-24(2,3)32-23(30)28-16-12-19(13-17-28)8-7-18-6-5-14-27(15-11-18)21-10-9-20(25-26-21)22(29)31-4/h9-10,18-19H,5-8,11-17H2,1-4H3. The van der Waals surface area contributed by atoms with Gasteiger partial charge < -0.3 is 19.3 Å². The Morgan fingerprint density at radius 2 is 1.62 bits per heavy atom. The van der Waals surface area contributed by atoms with Gasteiger partial charge in [0.1, 0.15) is 5.60 Å². The van der Waals surface area contributed by atoms with Crippen LogP contribution >= 0.6 is 0 Å². The number of piperidine rings is 1. The summed E-state index contributed by atoms with van der Waals surface area (Å²) < 4.78 is 10.2. The van der Waals surface area contributed by atoms with Crippen LogP contribution in [0.2, 0.25) is 0 Å². The van der Waals surface area contributed by atoms with Crippen molar-refractivity contribution < 1.29 is 19.1 Å². The van der Waals surface area contributed by atoms with Crippen LogP contribution in [0.3, 0.4) is 0 Å². The van der Waals surface area contributed by atoms with E-state index in [0.717, 1.165) is 63.6 Å². The first-order chi connectivity index (χ1) is 15.2. The number of hydrogen-bond acceptors (Lipinski definition) is 7. The summed E-state index contributed by atoms with van der Waals surface area (Å²) in [6, 6.07) is 3.54. The van der Waals surface area contributed by atoms with Crippen molar-refractivity contribution >= 4 is 17.9 Å². The largest absolute Gasteiger partial charge is 0.464 e. The molecule has 0 spiro atoms. The third-order valence-electron chi connectivity index (χ3n) is 6.47. The Morgan fingerprint density at radius 1 is 0.969 bits per heavy atom. The molecule has 1 amide bonds. The minimum absolute atomic E-state index is 0.178. The quantitative estimate of drug-likeness (QED) is 0.624. The molecule has 0 bridgehead atoms. The fourth-order valence-electron chi connectivity index (χ4n) is 4.59. The molecular weight excluding hydrogens is 408 g/mol. The van der Waals surface area contributed by atoms with Gasteiger partial charge in [0, 0.05) is 26.2 Å². The van der Waals surface area contributed by atoms with Crippen LogP contribution in [0.4, 0.5) is 10.6 Å². The minimum atomic E-state index is -0.461. The van der Waals surface area contributed by atoms with Crippen LogP contribution in [0.15, 0.2) is 12.1 Å². The average Bonchev–Trinajstić information content (AvgIpc) is 3.02. The van der Waals surface area contributed by atoms with Crippen LogP contribution in [0.25, 0.3) is 0 Å². The smallest absolute Gasteiger partial charge is 0.410 e. The van der Waals surface area contributed by atoms with Gasteiger partial charge in [-0.25, -0.2) is 9.59 Å². The molecule has 1 aromatic heterocycles. The SMILES string of the molecule is COC(=O)c1ccc(N2CCCC(CCC3CCN(C(=O)OC(C)(C)C)CC3)CC2)nn1. The van der Waals surface area contributed by atoms with E-state index in [1.54, 1.807) is 6.07 Å². The number of ether oxygens (including phenoxy) is 2. The monoisotopic (exact) mass is 446 g/mol. The first kappa shape index (κ1) is 24.3. The van der Waals surface area contributed by atoms with E-state index in [-0.39, 0.29) is 11.8 Å². The van der Waals surface area contributed by atoms with Crippen molar-refractivity contribution in [1.29, 1.82) is 0 Å². The van der Waals surface area contributed by atoms with Gasteiger partial charge in [0.2, 0.25) is 0 Å². The van der Waals surface area contributed by atoms with E-state index < -0.39 is 11.6 Å². The maximum atomic E-state index is 12.2. The fourth-order valence-corrected chi connectivity index (χ4v) is 4.59. The van der Waals surface area contributed by atoms with Crippen molar-refractivity contribution in [2.45, 2.75) is 71.3 Å². The molecule has 2 aliphatic rings. The lowest BCUT2D eigenvalue weighted by atomic mass is 9.86. The van der Waals surface area contributed by atoms with Gasteiger partial charge >= 0.3 is 12.1 Å². The van der Waals surface area contributed by atoms with Gasteiger partial charge in [0.05, 0.1) is 7.11 Å². The van der Waals surface area contributed by atoms with Gasteiger partial charge in [-0.2, -0.15) is 0 Å². The Morgan fingerprint density at radius 3 is 2.22 bits per heavy atom. The summed E-state index contributed by atoms with van der Waals surface area (Å²) in [5, 5.41) is 8.24. The number of esters is 1. The summed E-state index contributed by atoms with van der Waals surface area (Å²) in [7, 11) is 1.34. The number of rotatable bonds is 5. The lowest BCUT2D eigenvalue weighted by molar-refractivity contribution is 0.0178. The normalized spacial score (nSPS) is 20.6. The van der Waals surface area contributed by atoms with E-state index in [4.69, 9.17) is 4.74 Å². The fraction of sp³-hybridized carbons (Fsp3) is 0.750. The number of aromatic nitrogens is 2. The van der Waals surface area contributed by atoms with Gasteiger partial charge in [-0.05, 0) is 76.8 Å². The van der Waals surface area contributed by atoms with E-state index in [2.05, 4.69) is 19.8 Å². The minimum Gasteiger partial charge on any atom is -0.464 e. The molecule has 2 aliphatic heterocycles. The zero-order valence-corrected chi connectivity index (χ0v) is 20.0. The molecule has 0 aliphatic carbocycles. The third-order valence-corrected chi connectivity index (χ3v) is 6.47. The number of methoxy groups -OCH3 is 1. The van der Waals surface area contributed by atoms with Crippen molar-refractivity contribution in [3.05, 3.63) is 17.8 Å². The highest BCUT2D eigenvalue weighted by molar-refractivity contribution is 5.86. The van der Waals surface area contributed by atoms with E-state index in [1.165, 1.54) is 26.4 Å². The Kier molecular flexibility index (Phi) is 8.32. The topological polar surface area (TPSA) is 84.9 Å². The average molecular weight is 447 g/mol. The molecule has 178 valence electrons. The summed E-state index contributed by atoms with van der Waals surface area (Å²) >= 11 is 0. The van der Waals surface area contributed by atoms with Gasteiger partial charge in [-0.3, -0.25) is 0 Å². The molecule has 0 saturated carbocycles. The molecule has 0 radical (unpaired) electrons. The van der Waals surface area contributed by atoms with Crippen LogP contribution in [-0.2, 0) is 9.47 Å². The summed E-state index contributed by atoms with van der Waals surface area (Å²) in [4.78, 5) is 27.9. The molecule has 8 heteroatoms. The summed E-state index contributed by atoms with van der Waals surface area (Å²) in [5.74, 6) is 1.79. The highest BCUT2D eigenvalue weighted by Gasteiger charge is 2.27. The van der Waals surface area contributed by atoms with Crippen LogP contribution in [0, 0.1) is 11.8 Å². The number of anilines is 1. The molecule has 8 nitrogen and oxygen atoms in total. The molecule has 1 aromatic rings. The maximum absolute atomic E-state index is 12.2. The predicted molar refractivity (Wildman–Crippen MR) is 123 cm³/mol. The van der Waals surface area contributed by atoms with E-state index in [9.17, 15) is 9.59 Å². The van der Waals surface area contributed by atoms with Crippen molar-refractivity contribution in [1.82, 2.24) is 15.1 Å². The zero-order chi connectivity index (χ0) is 23.1. The van der Waals surface area contributed by atoms with E-state index in [1.807, 2.05) is 31.7 Å². The van der Waals surface area contributed by atoms with Crippen LogP contribution in [0.1, 0.15) is 76.2 Å². The molecular formula is C24H38N4O4. The Bertz CT molecular complexity index is 754. The number of carbonyl (C=O) groups is 2. The highest BCUT2D eigenvalue weighted by Crippen LogP contribution is 2.29. The van der Waals surface area contributed by atoms with Crippen molar-refractivity contribution in [2.75, 3.05) is 38.2 Å². The van der Waals surface area contributed by atoms with Crippen LogP contribution in [-0.4, -0.2) is 66.0 Å². The number of amides is 1. The van der Waals surface area contributed by atoms with Gasteiger partial charge in [-0.15, -0.1) is 10.2 Å². The summed E-state index contributed by atoms with van der Waals surface area (Å²) in [6.07, 6.45) is 7.97. The summed E-state index contributed by atoms with van der Waals surface area (Å²) in [5.41, 5.74) is -0.197. The lowest BCUT2D eigenvalue weighted by Gasteiger charge is -2.34. The molecule has 0 aromatic carbocycles. The highest BCUT2D eigenvalue weighted by atomic mass is 16.6. The second-order valence-corrected chi connectivity index (χ2v) is 10.0. The number of likely N-dealkylation sites (tertiary alicyclic amines) is 1. The second kappa shape index (κ2) is 11.0. The molecule has 0 N–H and O–H groups in total. The Balaban J connectivity index is 1.39. The van der Waals surface area contributed by atoms with Crippen LogP contribution < -0.4 is 4.90 Å². The maximum Gasteiger partial charge on any atom is 0.410 e. The van der Waals surface area contributed by atoms with Gasteiger partial charge in [0.15, 0.2) is 11.5 Å². The van der Waals surface area contributed by atoms with Gasteiger partial charge in [-0.1, -0.05) is 12.8 Å². The van der Waals surface area contributed by atoms with Crippen molar-refractivity contribution in [2.24, 2.45) is 11.8 Å². The lowest BCUT2D eigenvalue weighted by Crippen LogP contribution is -2.41. The molecule has 1 unspecified atom stereocenters. The van der Waals surface area contributed by atoms with Gasteiger partial charge in [0.25, 0.3) is 0 Å².